The van der Waals surface area contributed by atoms with Gasteiger partial charge in [-0.25, -0.2) is 0 Å². The van der Waals surface area contributed by atoms with Gasteiger partial charge in [0, 0.05) is 11.4 Å². The minimum Gasteiger partial charge on any atom is -0.399 e. The summed E-state index contributed by atoms with van der Waals surface area (Å²) in [5, 5.41) is 7.66. The number of nitrogens with two attached hydrogens (primary N) is 1. The highest BCUT2D eigenvalue weighted by Crippen LogP contribution is 2.20. The average molecular weight is 293 g/mol. The number of aromatic nitrogens is 2. The molecule has 1 aromatic carbocycles. The zero-order valence-corrected chi connectivity index (χ0v) is 12.5. The van der Waals surface area contributed by atoms with Crippen molar-refractivity contribution >= 4 is 28.9 Å². The van der Waals surface area contributed by atoms with Gasteiger partial charge >= 0.3 is 0 Å². The fraction of sp³-hybridized carbons (Fsp3) is 0.286. The summed E-state index contributed by atoms with van der Waals surface area (Å²) in [5.41, 5.74) is 9.50. The lowest BCUT2D eigenvalue weighted by atomic mass is 10.2. The van der Waals surface area contributed by atoms with Gasteiger partial charge in [0.15, 0.2) is 0 Å². The maximum absolute atomic E-state index is 12.1. The monoisotopic (exact) mass is 292 g/mol. The molecule has 0 fully saturated rings. The fourth-order valence-corrected chi connectivity index (χ4v) is 2.06. The number of hydrogen-bond donors (Lipinski definition) is 2. The van der Waals surface area contributed by atoms with Crippen LogP contribution in [0, 0.1) is 20.8 Å². The number of nitrogens with zero attached hydrogens (tertiary/aromatic N) is 2. The van der Waals surface area contributed by atoms with Gasteiger partial charge in [0.1, 0.15) is 6.54 Å². The largest absolute Gasteiger partial charge is 0.399 e. The highest BCUT2D eigenvalue weighted by atomic mass is 35.5. The fourth-order valence-electron chi connectivity index (χ4n) is 1.93. The zero-order valence-electron chi connectivity index (χ0n) is 11.7. The summed E-state index contributed by atoms with van der Waals surface area (Å²) < 4.78 is 1.59. The molecule has 2 rings (SSSR count). The van der Waals surface area contributed by atoms with Crippen LogP contribution in [-0.2, 0) is 11.3 Å². The van der Waals surface area contributed by atoms with Crippen molar-refractivity contribution in [2.24, 2.45) is 0 Å². The summed E-state index contributed by atoms with van der Waals surface area (Å²) in [5.74, 6) is -0.166. The smallest absolute Gasteiger partial charge is 0.246 e. The molecule has 0 bridgehead atoms. The minimum atomic E-state index is -0.166. The number of carbonyl (C=O) groups is 1. The molecule has 0 unspecified atom stereocenters. The summed E-state index contributed by atoms with van der Waals surface area (Å²) in [6.07, 6.45) is 0. The van der Waals surface area contributed by atoms with Crippen LogP contribution in [0.15, 0.2) is 18.2 Å². The van der Waals surface area contributed by atoms with E-state index in [1.807, 2.05) is 26.8 Å². The Morgan fingerprint density at radius 1 is 1.40 bits per heavy atom. The number of hydrogen-bond acceptors (Lipinski definition) is 3. The Hall–Kier alpha value is -2.01. The Bertz CT molecular complexity index is 663. The second-order valence-electron chi connectivity index (χ2n) is 4.76. The predicted molar refractivity (Wildman–Crippen MR) is 80.9 cm³/mol. The van der Waals surface area contributed by atoms with Crippen LogP contribution in [0.1, 0.15) is 17.0 Å². The number of carbonyl (C=O) groups excluding carboxylic acids is 1. The second kappa shape index (κ2) is 5.54. The third-order valence-electron chi connectivity index (χ3n) is 3.12. The van der Waals surface area contributed by atoms with E-state index in [1.165, 1.54) is 0 Å². The molecule has 0 aliphatic heterocycles. The summed E-state index contributed by atoms with van der Waals surface area (Å²) in [7, 11) is 0. The van der Waals surface area contributed by atoms with E-state index < -0.39 is 0 Å². The Labute approximate surface area is 122 Å². The van der Waals surface area contributed by atoms with Crippen LogP contribution >= 0.6 is 11.6 Å². The topological polar surface area (TPSA) is 72.9 Å². The van der Waals surface area contributed by atoms with Gasteiger partial charge in [-0.3, -0.25) is 9.48 Å². The van der Waals surface area contributed by atoms with E-state index in [4.69, 9.17) is 17.3 Å². The van der Waals surface area contributed by atoms with Gasteiger partial charge < -0.3 is 11.1 Å². The van der Waals surface area contributed by atoms with E-state index in [0.29, 0.717) is 16.4 Å². The van der Waals surface area contributed by atoms with Crippen molar-refractivity contribution < 1.29 is 4.79 Å². The van der Waals surface area contributed by atoms with Gasteiger partial charge in [0.2, 0.25) is 5.91 Å². The molecule has 3 N–H and O–H groups in total. The molecule has 20 heavy (non-hydrogen) atoms. The Morgan fingerprint density at radius 2 is 2.10 bits per heavy atom. The number of anilines is 2. The highest BCUT2D eigenvalue weighted by Gasteiger charge is 2.12. The molecular weight excluding hydrogens is 276 g/mol. The molecule has 0 atom stereocenters. The first-order valence-corrected chi connectivity index (χ1v) is 6.61. The molecule has 5 nitrogen and oxygen atoms in total. The average Bonchev–Trinajstić information content (AvgIpc) is 2.61. The lowest BCUT2D eigenvalue weighted by Gasteiger charge is -2.10. The van der Waals surface area contributed by atoms with E-state index in [1.54, 1.807) is 16.8 Å². The van der Waals surface area contributed by atoms with Gasteiger partial charge in [-0.2, -0.15) is 5.10 Å². The van der Waals surface area contributed by atoms with E-state index in [9.17, 15) is 4.79 Å². The highest BCUT2D eigenvalue weighted by molar-refractivity contribution is 6.31. The summed E-state index contributed by atoms with van der Waals surface area (Å²) in [4.78, 5) is 12.1. The lowest BCUT2D eigenvalue weighted by Crippen LogP contribution is -2.20. The van der Waals surface area contributed by atoms with Crippen molar-refractivity contribution in [2.45, 2.75) is 27.3 Å². The van der Waals surface area contributed by atoms with Crippen LogP contribution in [0.4, 0.5) is 11.4 Å². The molecule has 2 aromatic rings. The number of halogens is 1. The quantitative estimate of drug-likeness (QED) is 0.854. The molecule has 0 saturated heterocycles. The van der Waals surface area contributed by atoms with Gasteiger partial charge in [0.05, 0.1) is 16.4 Å². The van der Waals surface area contributed by atoms with E-state index >= 15 is 0 Å². The normalized spacial score (nSPS) is 10.6. The van der Waals surface area contributed by atoms with Crippen molar-refractivity contribution in [1.82, 2.24) is 9.78 Å². The second-order valence-corrected chi connectivity index (χ2v) is 5.14. The molecule has 6 heteroatoms. The predicted octanol–water partition coefficient (Wildman–Crippen LogP) is 2.68. The van der Waals surface area contributed by atoms with Gasteiger partial charge in [-0.15, -0.1) is 0 Å². The van der Waals surface area contributed by atoms with E-state index in [2.05, 4.69) is 10.4 Å². The van der Waals surface area contributed by atoms with Crippen molar-refractivity contribution in [3.05, 3.63) is 40.2 Å². The van der Waals surface area contributed by atoms with Crippen molar-refractivity contribution in [1.29, 1.82) is 0 Å². The Morgan fingerprint density at radius 3 is 2.70 bits per heavy atom. The number of benzene rings is 1. The summed E-state index contributed by atoms with van der Waals surface area (Å²) in [6, 6.07) is 5.40. The molecule has 1 aromatic heterocycles. The van der Waals surface area contributed by atoms with E-state index in [0.717, 1.165) is 17.0 Å². The minimum absolute atomic E-state index is 0.119. The number of aryl methyl sites for hydroxylation is 2. The van der Waals surface area contributed by atoms with Crippen LogP contribution < -0.4 is 11.1 Å². The molecule has 0 aliphatic carbocycles. The maximum atomic E-state index is 12.1. The van der Waals surface area contributed by atoms with Gasteiger partial charge in [-0.1, -0.05) is 17.7 Å². The molecule has 0 aliphatic rings. The molecule has 0 saturated carbocycles. The Balaban J connectivity index is 2.13. The first-order chi connectivity index (χ1) is 9.38. The standard InChI is InChI=1S/C14H17ClN4O/c1-8-4-5-11(16)6-12(8)17-13(20)7-19-10(3)14(15)9(2)18-19/h4-6H,7,16H2,1-3H3,(H,17,20). The van der Waals surface area contributed by atoms with Crippen LogP contribution in [0.25, 0.3) is 0 Å². The summed E-state index contributed by atoms with van der Waals surface area (Å²) >= 11 is 6.06. The third kappa shape index (κ3) is 2.93. The SMILES string of the molecule is Cc1ccc(N)cc1NC(=O)Cn1nc(C)c(Cl)c1C. The summed E-state index contributed by atoms with van der Waals surface area (Å²) in [6.45, 7) is 5.68. The molecule has 1 amide bonds. The third-order valence-corrected chi connectivity index (χ3v) is 3.67. The van der Waals surface area contributed by atoms with Crippen molar-refractivity contribution in [2.75, 3.05) is 11.1 Å². The van der Waals surface area contributed by atoms with Crippen LogP contribution in [-0.4, -0.2) is 15.7 Å². The number of amides is 1. The maximum Gasteiger partial charge on any atom is 0.246 e. The number of nitrogen functional groups attached to an aromatic ring is 1. The first kappa shape index (κ1) is 14.4. The van der Waals surface area contributed by atoms with Crippen LogP contribution in [0.5, 0.6) is 0 Å². The van der Waals surface area contributed by atoms with Gasteiger partial charge in [-0.05, 0) is 38.5 Å². The van der Waals surface area contributed by atoms with Crippen molar-refractivity contribution in [3.63, 3.8) is 0 Å². The van der Waals surface area contributed by atoms with Gasteiger partial charge in [0.25, 0.3) is 0 Å². The number of rotatable bonds is 3. The van der Waals surface area contributed by atoms with Crippen LogP contribution in [0.2, 0.25) is 5.02 Å². The molecule has 0 spiro atoms. The van der Waals surface area contributed by atoms with Crippen molar-refractivity contribution in [3.8, 4) is 0 Å². The number of nitrogens with one attached hydrogen (secondary N) is 1. The molecular formula is C14H17ClN4O. The molecule has 0 radical (unpaired) electrons. The van der Waals surface area contributed by atoms with Crippen LogP contribution in [0.3, 0.4) is 0 Å². The first-order valence-electron chi connectivity index (χ1n) is 6.24. The molecule has 1 heterocycles. The zero-order chi connectivity index (χ0) is 14.9. The Kier molecular flexibility index (Phi) is 3.99. The van der Waals surface area contributed by atoms with E-state index in [-0.39, 0.29) is 12.5 Å². The lowest BCUT2D eigenvalue weighted by molar-refractivity contribution is -0.116. The molecule has 106 valence electrons.